The van der Waals surface area contributed by atoms with Crippen LogP contribution in [0.1, 0.15) is 25.3 Å². The molecular formula is C15H19N. The molecule has 1 nitrogen and oxygen atoms in total. The quantitative estimate of drug-likeness (QED) is 0.829. The van der Waals surface area contributed by atoms with Gasteiger partial charge in [0.1, 0.15) is 0 Å². The summed E-state index contributed by atoms with van der Waals surface area (Å²) in [5.74, 6) is 1.05. The summed E-state index contributed by atoms with van der Waals surface area (Å²) in [7, 11) is 0. The first kappa shape index (κ1) is 11.2. The number of rotatable bonds is 3. The summed E-state index contributed by atoms with van der Waals surface area (Å²) in [6.07, 6.45) is 0. The number of hydrogen-bond donors (Lipinski definition) is 1. The highest BCUT2D eigenvalue weighted by Gasteiger charge is 2.13. The van der Waals surface area contributed by atoms with Crippen LogP contribution in [0.5, 0.6) is 0 Å². The molecule has 0 saturated carbocycles. The zero-order chi connectivity index (χ0) is 11.5. The van der Waals surface area contributed by atoms with Crippen molar-refractivity contribution in [3.05, 3.63) is 48.0 Å². The standard InChI is InChI=1S/C15H19N/c1-11(2)15(10-16)14-8-7-12-5-3-4-6-13(12)9-14/h3-9,11,15H,10,16H2,1-2H3/t15-/m1/s1. The minimum absolute atomic E-state index is 0.463. The summed E-state index contributed by atoms with van der Waals surface area (Å²) >= 11 is 0. The van der Waals surface area contributed by atoms with Crippen molar-refractivity contribution in [2.75, 3.05) is 6.54 Å². The first-order chi connectivity index (χ1) is 7.72. The van der Waals surface area contributed by atoms with E-state index in [9.17, 15) is 0 Å². The van der Waals surface area contributed by atoms with E-state index in [4.69, 9.17) is 5.73 Å². The molecule has 0 aliphatic carbocycles. The van der Waals surface area contributed by atoms with Gasteiger partial charge in [0.15, 0.2) is 0 Å². The molecule has 2 aromatic rings. The van der Waals surface area contributed by atoms with Gasteiger partial charge in [0.05, 0.1) is 0 Å². The lowest BCUT2D eigenvalue weighted by Gasteiger charge is -2.19. The molecule has 16 heavy (non-hydrogen) atoms. The molecule has 0 aliphatic heterocycles. The second kappa shape index (κ2) is 4.67. The Morgan fingerprint density at radius 1 is 1.00 bits per heavy atom. The number of benzene rings is 2. The van der Waals surface area contributed by atoms with E-state index in [1.807, 2.05) is 0 Å². The Balaban J connectivity index is 2.45. The minimum atomic E-state index is 0.463. The van der Waals surface area contributed by atoms with Gasteiger partial charge >= 0.3 is 0 Å². The largest absolute Gasteiger partial charge is 0.330 e. The molecule has 2 N–H and O–H groups in total. The molecule has 84 valence electrons. The molecular weight excluding hydrogens is 194 g/mol. The zero-order valence-electron chi connectivity index (χ0n) is 9.98. The predicted octanol–water partition coefficient (Wildman–Crippen LogP) is 3.54. The van der Waals surface area contributed by atoms with Crippen molar-refractivity contribution in [3.8, 4) is 0 Å². The summed E-state index contributed by atoms with van der Waals surface area (Å²) < 4.78 is 0. The lowest BCUT2D eigenvalue weighted by atomic mass is 9.87. The fraction of sp³-hybridized carbons (Fsp3) is 0.333. The van der Waals surface area contributed by atoms with Crippen LogP contribution >= 0.6 is 0 Å². The smallest absolute Gasteiger partial charge is 0.000577 e. The second-order valence-corrected chi connectivity index (χ2v) is 4.69. The van der Waals surface area contributed by atoms with E-state index in [0.29, 0.717) is 11.8 Å². The van der Waals surface area contributed by atoms with Gasteiger partial charge in [-0.25, -0.2) is 0 Å². The molecule has 0 aliphatic rings. The van der Waals surface area contributed by atoms with Crippen molar-refractivity contribution >= 4 is 10.8 Å². The van der Waals surface area contributed by atoms with Gasteiger partial charge < -0.3 is 5.73 Å². The third-order valence-electron chi connectivity index (χ3n) is 3.26. The van der Waals surface area contributed by atoms with E-state index in [2.05, 4.69) is 56.3 Å². The zero-order valence-corrected chi connectivity index (χ0v) is 9.98. The van der Waals surface area contributed by atoms with Gasteiger partial charge in [-0.3, -0.25) is 0 Å². The number of nitrogens with two attached hydrogens (primary N) is 1. The molecule has 0 unspecified atom stereocenters. The summed E-state index contributed by atoms with van der Waals surface area (Å²) in [4.78, 5) is 0. The van der Waals surface area contributed by atoms with E-state index in [1.54, 1.807) is 0 Å². The van der Waals surface area contributed by atoms with Crippen molar-refractivity contribution in [2.24, 2.45) is 11.7 Å². The van der Waals surface area contributed by atoms with E-state index >= 15 is 0 Å². The number of hydrogen-bond acceptors (Lipinski definition) is 1. The van der Waals surface area contributed by atoms with Crippen molar-refractivity contribution in [1.29, 1.82) is 0 Å². The summed E-state index contributed by atoms with van der Waals surface area (Å²) in [6.45, 7) is 5.18. The predicted molar refractivity (Wildman–Crippen MR) is 70.6 cm³/mol. The molecule has 0 spiro atoms. The highest BCUT2D eigenvalue weighted by atomic mass is 14.6. The lowest BCUT2D eigenvalue weighted by molar-refractivity contribution is 0.507. The third kappa shape index (κ3) is 2.10. The first-order valence-electron chi connectivity index (χ1n) is 5.91. The highest BCUT2D eigenvalue weighted by molar-refractivity contribution is 5.83. The molecule has 0 radical (unpaired) electrons. The van der Waals surface area contributed by atoms with Crippen molar-refractivity contribution in [1.82, 2.24) is 0 Å². The van der Waals surface area contributed by atoms with Crippen LogP contribution in [-0.4, -0.2) is 6.54 Å². The molecule has 0 saturated heterocycles. The Kier molecular flexibility index (Phi) is 3.25. The van der Waals surface area contributed by atoms with Crippen LogP contribution in [-0.2, 0) is 0 Å². The Bertz CT molecular complexity index is 474. The lowest BCUT2D eigenvalue weighted by Crippen LogP contribution is -2.17. The topological polar surface area (TPSA) is 26.0 Å². The maximum Gasteiger partial charge on any atom is -0.000577 e. The van der Waals surface area contributed by atoms with Gasteiger partial charge in [-0.15, -0.1) is 0 Å². The first-order valence-corrected chi connectivity index (χ1v) is 5.91. The third-order valence-corrected chi connectivity index (χ3v) is 3.26. The van der Waals surface area contributed by atoms with Crippen LogP contribution in [0.15, 0.2) is 42.5 Å². The van der Waals surface area contributed by atoms with Crippen LogP contribution < -0.4 is 5.73 Å². The van der Waals surface area contributed by atoms with Gasteiger partial charge in [-0.2, -0.15) is 0 Å². The van der Waals surface area contributed by atoms with Gasteiger partial charge in [0.2, 0.25) is 0 Å². The molecule has 0 aromatic heterocycles. The number of fused-ring (bicyclic) bond motifs is 1. The van der Waals surface area contributed by atoms with Crippen molar-refractivity contribution in [3.63, 3.8) is 0 Å². The highest BCUT2D eigenvalue weighted by Crippen LogP contribution is 2.26. The average molecular weight is 213 g/mol. The molecule has 2 rings (SSSR count). The molecule has 0 heterocycles. The Hall–Kier alpha value is -1.34. The van der Waals surface area contributed by atoms with Gasteiger partial charge in [0, 0.05) is 0 Å². The second-order valence-electron chi connectivity index (χ2n) is 4.69. The van der Waals surface area contributed by atoms with Gasteiger partial charge in [-0.1, -0.05) is 56.3 Å². The Morgan fingerprint density at radius 2 is 1.69 bits per heavy atom. The molecule has 2 aromatic carbocycles. The van der Waals surface area contributed by atoms with E-state index in [1.165, 1.54) is 16.3 Å². The normalized spacial score (nSPS) is 13.2. The Labute approximate surface area is 97.3 Å². The van der Waals surface area contributed by atoms with Gasteiger partial charge in [0.25, 0.3) is 0 Å². The molecule has 1 atom stereocenters. The van der Waals surface area contributed by atoms with Crippen molar-refractivity contribution in [2.45, 2.75) is 19.8 Å². The maximum atomic E-state index is 5.85. The van der Waals surface area contributed by atoms with Crippen LogP contribution in [0.2, 0.25) is 0 Å². The summed E-state index contributed by atoms with van der Waals surface area (Å²) in [6, 6.07) is 15.1. The van der Waals surface area contributed by atoms with Gasteiger partial charge in [-0.05, 0) is 34.7 Å². The van der Waals surface area contributed by atoms with E-state index in [0.717, 1.165) is 6.54 Å². The van der Waals surface area contributed by atoms with Crippen LogP contribution in [0.25, 0.3) is 10.8 Å². The average Bonchev–Trinajstić information content (AvgIpc) is 2.29. The molecule has 0 fully saturated rings. The maximum absolute atomic E-state index is 5.85. The van der Waals surface area contributed by atoms with Crippen LogP contribution in [0, 0.1) is 5.92 Å². The molecule has 1 heteroatoms. The van der Waals surface area contributed by atoms with E-state index in [-0.39, 0.29) is 0 Å². The molecule has 0 amide bonds. The fourth-order valence-electron chi connectivity index (χ4n) is 2.23. The minimum Gasteiger partial charge on any atom is -0.330 e. The fourth-order valence-corrected chi connectivity index (χ4v) is 2.23. The monoisotopic (exact) mass is 213 g/mol. The van der Waals surface area contributed by atoms with Crippen molar-refractivity contribution < 1.29 is 0 Å². The SMILES string of the molecule is CC(C)[C@@H](CN)c1ccc2ccccc2c1. The Morgan fingerprint density at radius 3 is 2.31 bits per heavy atom. The molecule has 0 bridgehead atoms. The van der Waals surface area contributed by atoms with Crippen LogP contribution in [0.3, 0.4) is 0 Å². The van der Waals surface area contributed by atoms with E-state index < -0.39 is 0 Å². The van der Waals surface area contributed by atoms with Crippen LogP contribution in [0.4, 0.5) is 0 Å². The summed E-state index contributed by atoms with van der Waals surface area (Å²) in [5, 5.41) is 2.60. The summed E-state index contributed by atoms with van der Waals surface area (Å²) in [5.41, 5.74) is 7.21.